The minimum absolute atomic E-state index is 0.166. The van der Waals surface area contributed by atoms with Gasteiger partial charge >= 0.3 is 5.97 Å². The summed E-state index contributed by atoms with van der Waals surface area (Å²) in [6.45, 7) is 1.43. The van der Waals surface area contributed by atoms with Gasteiger partial charge in [0.05, 0.1) is 24.6 Å². The van der Waals surface area contributed by atoms with E-state index in [1.165, 1.54) is 14.0 Å². The number of carbonyl (C=O) groups excluding carboxylic acids is 4. The van der Waals surface area contributed by atoms with Gasteiger partial charge < -0.3 is 9.64 Å². The van der Waals surface area contributed by atoms with E-state index in [1.807, 2.05) is 49.5 Å². The molecule has 0 unspecified atom stereocenters. The fourth-order valence-electron chi connectivity index (χ4n) is 5.35. The third kappa shape index (κ3) is 4.20. The lowest BCUT2D eigenvalue weighted by atomic mass is 9.78. The van der Waals surface area contributed by atoms with Crippen LogP contribution in [0.1, 0.15) is 35.3 Å². The van der Waals surface area contributed by atoms with E-state index in [-0.39, 0.29) is 5.78 Å². The number of esters is 1. The summed E-state index contributed by atoms with van der Waals surface area (Å²) in [6, 6.07) is 13.6. The SMILES string of the molecule is COC(=O)[C@]1(CCSC)N[C@@H](c2ccc(N(C)C)cc2)[C@H]2C(=O)N(c3cccc(C(C)=O)c3)C(=O)[C@H]21. The predicted octanol–water partition coefficient (Wildman–Crippen LogP) is 3.07. The number of imide groups is 1. The minimum Gasteiger partial charge on any atom is -0.468 e. The monoisotopic (exact) mass is 509 g/mol. The number of nitrogens with one attached hydrogen (secondary N) is 1. The molecule has 4 atom stereocenters. The van der Waals surface area contributed by atoms with Gasteiger partial charge in [-0.3, -0.25) is 24.5 Å². The van der Waals surface area contributed by atoms with Gasteiger partial charge in [-0.25, -0.2) is 4.90 Å². The summed E-state index contributed by atoms with van der Waals surface area (Å²) in [7, 11) is 5.18. The number of Topliss-reactive ketones (excluding diaryl/α,β-unsaturated/α-hetero) is 1. The second kappa shape index (κ2) is 10.1. The van der Waals surface area contributed by atoms with Gasteiger partial charge in [0.1, 0.15) is 5.54 Å². The molecule has 2 amide bonds. The Kier molecular flexibility index (Phi) is 7.24. The van der Waals surface area contributed by atoms with E-state index >= 15 is 0 Å². The van der Waals surface area contributed by atoms with Crippen LogP contribution in [-0.2, 0) is 19.1 Å². The maximum Gasteiger partial charge on any atom is 0.326 e. The van der Waals surface area contributed by atoms with Gasteiger partial charge in [-0.15, -0.1) is 0 Å². The number of anilines is 2. The van der Waals surface area contributed by atoms with Gasteiger partial charge in [-0.05, 0) is 55.2 Å². The summed E-state index contributed by atoms with van der Waals surface area (Å²) in [6.07, 6.45) is 2.25. The Morgan fingerprint density at radius 1 is 1.11 bits per heavy atom. The Labute approximate surface area is 215 Å². The van der Waals surface area contributed by atoms with Crippen molar-refractivity contribution >= 4 is 46.7 Å². The molecule has 0 aromatic heterocycles. The number of amides is 2. The molecule has 0 radical (unpaired) electrons. The Hall–Kier alpha value is -3.17. The van der Waals surface area contributed by atoms with E-state index in [1.54, 1.807) is 36.0 Å². The average Bonchev–Trinajstić information content (AvgIpc) is 3.36. The van der Waals surface area contributed by atoms with Crippen LogP contribution in [0.4, 0.5) is 11.4 Å². The fraction of sp³-hybridized carbons (Fsp3) is 0.407. The third-order valence-electron chi connectivity index (χ3n) is 7.18. The van der Waals surface area contributed by atoms with E-state index in [9.17, 15) is 19.2 Å². The van der Waals surface area contributed by atoms with Crippen LogP contribution in [0.3, 0.4) is 0 Å². The summed E-state index contributed by atoms with van der Waals surface area (Å²) >= 11 is 1.56. The molecule has 8 nitrogen and oxygen atoms in total. The van der Waals surface area contributed by atoms with Crippen molar-refractivity contribution in [3.63, 3.8) is 0 Å². The van der Waals surface area contributed by atoms with Crippen molar-refractivity contribution in [2.75, 3.05) is 43.0 Å². The highest BCUT2D eigenvalue weighted by molar-refractivity contribution is 7.98. The first kappa shape index (κ1) is 25.9. The smallest absolute Gasteiger partial charge is 0.326 e. The summed E-state index contributed by atoms with van der Waals surface area (Å²) in [4.78, 5) is 56.3. The number of carbonyl (C=O) groups is 4. The van der Waals surface area contributed by atoms with Gasteiger partial charge in [-0.1, -0.05) is 24.3 Å². The lowest BCUT2D eigenvalue weighted by Gasteiger charge is -2.32. The predicted molar refractivity (Wildman–Crippen MR) is 140 cm³/mol. The molecule has 2 fully saturated rings. The van der Waals surface area contributed by atoms with Crippen molar-refractivity contribution in [2.24, 2.45) is 11.8 Å². The summed E-state index contributed by atoms with van der Waals surface area (Å²) in [5.41, 5.74) is 1.18. The molecule has 0 spiro atoms. The highest BCUT2D eigenvalue weighted by Gasteiger charge is 2.68. The lowest BCUT2D eigenvalue weighted by Crippen LogP contribution is -2.56. The minimum atomic E-state index is -1.35. The topological polar surface area (TPSA) is 96.0 Å². The summed E-state index contributed by atoms with van der Waals surface area (Å²) in [5.74, 6) is -2.72. The van der Waals surface area contributed by atoms with Gasteiger partial charge in [0, 0.05) is 31.4 Å². The first-order chi connectivity index (χ1) is 17.2. The Morgan fingerprint density at radius 3 is 2.39 bits per heavy atom. The third-order valence-corrected chi connectivity index (χ3v) is 7.80. The molecule has 2 aromatic carbocycles. The zero-order chi connectivity index (χ0) is 26.2. The number of methoxy groups -OCH3 is 1. The first-order valence-electron chi connectivity index (χ1n) is 11.8. The lowest BCUT2D eigenvalue weighted by molar-refractivity contribution is -0.152. The summed E-state index contributed by atoms with van der Waals surface area (Å²) < 4.78 is 5.21. The largest absolute Gasteiger partial charge is 0.468 e. The number of ether oxygens (including phenoxy) is 1. The molecule has 2 heterocycles. The number of nitrogens with zero attached hydrogens (tertiary/aromatic N) is 2. The van der Waals surface area contributed by atoms with Crippen molar-refractivity contribution in [2.45, 2.75) is 24.9 Å². The van der Waals surface area contributed by atoms with Crippen LogP contribution in [-0.4, -0.2) is 62.3 Å². The average molecular weight is 510 g/mol. The molecule has 2 aromatic rings. The van der Waals surface area contributed by atoms with Crippen molar-refractivity contribution in [1.82, 2.24) is 5.32 Å². The standard InChI is InChI=1S/C27H31N3O5S/c1-16(31)18-7-6-8-20(15-18)30-24(32)21-22(25(30)33)27(13-14-36-5,26(34)35-4)28-23(21)17-9-11-19(12-10-17)29(2)3/h6-12,15,21-23,28H,13-14H2,1-5H3/t21-,22-,23-,27+/m0/s1. The first-order valence-corrected chi connectivity index (χ1v) is 13.2. The number of hydrogen-bond donors (Lipinski definition) is 1. The van der Waals surface area contributed by atoms with E-state index in [4.69, 9.17) is 4.74 Å². The molecule has 9 heteroatoms. The molecule has 0 aliphatic carbocycles. The second-order valence-corrected chi connectivity index (χ2v) is 10.4. The highest BCUT2D eigenvalue weighted by atomic mass is 32.2. The molecule has 190 valence electrons. The number of rotatable bonds is 8. The van der Waals surface area contributed by atoms with E-state index < -0.39 is 41.2 Å². The van der Waals surface area contributed by atoms with Crippen LogP contribution in [0.2, 0.25) is 0 Å². The quantitative estimate of drug-likeness (QED) is 0.330. The van der Waals surface area contributed by atoms with E-state index in [0.29, 0.717) is 23.4 Å². The van der Waals surface area contributed by atoms with Gasteiger partial charge in [0.2, 0.25) is 11.8 Å². The number of benzene rings is 2. The number of fused-ring (bicyclic) bond motifs is 1. The highest BCUT2D eigenvalue weighted by Crippen LogP contribution is 2.51. The maximum absolute atomic E-state index is 14.0. The van der Waals surface area contributed by atoms with Gasteiger partial charge in [-0.2, -0.15) is 11.8 Å². The molecule has 36 heavy (non-hydrogen) atoms. The molecular formula is C27H31N3O5S. The molecule has 2 aliphatic heterocycles. The van der Waals surface area contributed by atoms with Gasteiger partial charge in [0.15, 0.2) is 5.78 Å². The molecular weight excluding hydrogens is 478 g/mol. The van der Waals surface area contributed by atoms with Crippen LogP contribution in [0.5, 0.6) is 0 Å². The van der Waals surface area contributed by atoms with Crippen molar-refractivity contribution in [1.29, 1.82) is 0 Å². The van der Waals surface area contributed by atoms with Crippen molar-refractivity contribution < 1.29 is 23.9 Å². The fourth-order valence-corrected chi connectivity index (χ4v) is 5.88. The van der Waals surface area contributed by atoms with Gasteiger partial charge in [0.25, 0.3) is 0 Å². The maximum atomic E-state index is 14.0. The summed E-state index contributed by atoms with van der Waals surface area (Å²) in [5, 5.41) is 3.40. The van der Waals surface area contributed by atoms with Crippen LogP contribution in [0.15, 0.2) is 48.5 Å². The second-order valence-electron chi connectivity index (χ2n) is 9.44. The molecule has 2 saturated heterocycles. The molecule has 0 saturated carbocycles. The number of ketones is 1. The Bertz CT molecular complexity index is 1200. The van der Waals surface area contributed by atoms with E-state index in [2.05, 4.69) is 5.32 Å². The molecule has 1 N–H and O–H groups in total. The Balaban J connectivity index is 1.84. The normalized spacial score (nSPS) is 25.1. The van der Waals surface area contributed by atoms with Crippen LogP contribution >= 0.6 is 11.8 Å². The molecule has 4 rings (SSSR count). The van der Waals surface area contributed by atoms with Crippen LogP contribution in [0, 0.1) is 11.8 Å². The Morgan fingerprint density at radius 2 is 1.81 bits per heavy atom. The van der Waals surface area contributed by atoms with Crippen LogP contribution in [0.25, 0.3) is 0 Å². The van der Waals surface area contributed by atoms with E-state index in [0.717, 1.165) is 16.2 Å². The number of hydrogen-bond acceptors (Lipinski definition) is 8. The van der Waals surface area contributed by atoms with Crippen LogP contribution < -0.4 is 15.1 Å². The zero-order valence-electron chi connectivity index (χ0n) is 21.1. The molecule has 2 aliphatic rings. The van der Waals surface area contributed by atoms with Crippen molar-refractivity contribution in [3.8, 4) is 0 Å². The zero-order valence-corrected chi connectivity index (χ0v) is 21.9. The van der Waals surface area contributed by atoms with Crippen molar-refractivity contribution in [3.05, 3.63) is 59.7 Å². The molecule has 0 bridgehead atoms. The number of thioether (sulfide) groups is 1.